The van der Waals surface area contributed by atoms with Gasteiger partial charge < -0.3 is 15.0 Å². The molecule has 0 aromatic heterocycles. The van der Waals surface area contributed by atoms with Gasteiger partial charge >= 0.3 is 5.97 Å². The third kappa shape index (κ3) is 6.29. The second-order valence-corrected chi connectivity index (χ2v) is 10.4. The zero-order valence-electron chi connectivity index (χ0n) is 21.9. The highest BCUT2D eigenvalue weighted by atomic mass is 19.3. The van der Waals surface area contributed by atoms with Crippen molar-refractivity contribution in [3.63, 3.8) is 0 Å². The second-order valence-electron chi connectivity index (χ2n) is 10.4. The minimum atomic E-state index is -3.10. The fourth-order valence-electron chi connectivity index (χ4n) is 5.65. The van der Waals surface area contributed by atoms with Crippen LogP contribution in [0.4, 0.5) is 27.6 Å². The molecule has 5 nitrogen and oxygen atoms in total. The first kappa shape index (κ1) is 28.3. The van der Waals surface area contributed by atoms with Crippen molar-refractivity contribution in [2.75, 3.05) is 45.3 Å². The van der Waals surface area contributed by atoms with Crippen molar-refractivity contribution in [2.45, 2.75) is 57.2 Å². The van der Waals surface area contributed by atoms with Gasteiger partial charge in [0.1, 0.15) is 11.6 Å². The van der Waals surface area contributed by atoms with Crippen LogP contribution in [-0.4, -0.2) is 73.7 Å². The molecule has 0 saturated carbocycles. The Morgan fingerprint density at radius 2 is 1.89 bits per heavy atom. The van der Waals surface area contributed by atoms with Crippen LogP contribution in [0.3, 0.4) is 0 Å². The van der Waals surface area contributed by atoms with Gasteiger partial charge in [0.15, 0.2) is 0 Å². The maximum atomic E-state index is 15.7. The number of methoxy groups -OCH3 is 1. The van der Waals surface area contributed by atoms with Crippen LogP contribution < -0.4 is 5.32 Å². The highest BCUT2D eigenvalue weighted by Gasteiger charge is 2.41. The quantitative estimate of drug-likeness (QED) is 0.333. The molecular formula is C28H34F5N3O2. The molecule has 3 atom stereocenters. The smallest absolute Gasteiger partial charge is 0.337 e. The van der Waals surface area contributed by atoms with Crippen molar-refractivity contribution in [2.24, 2.45) is 0 Å². The average Bonchev–Trinajstić information content (AvgIpc) is 3.29. The molecule has 208 valence electrons. The number of ether oxygens (including phenoxy) is 1. The van der Waals surface area contributed by atoms with Crippen LogP contribution in [0.25, 0.3) is 0 Å². The van der Waals surface area contributed by atoms with E-state index in [9.17, 15) is 18.0 Å². The molecule has 0 radical (unpaired) electrons. The maximum absolute atomic E-state index is 15.7. The zero-order valence-corrected chi connectivity index (χ0v) is 21.9. The van der Waals surface area contributed by atoms with Crippen LogP contribution in [0.15, 0.2) is 30.3 Å². The van der Waals surface area contributed by atoms with E-state index in [0.717, 1.165) is 19.9 Å². The topological polar surface area (TPSA) is 44.8 Å². The number of carbonyl (C=O) groups excluding carboxylic acids is 1. The number of hydrogen-bond acceptors (Lipinski definition) is 5. The average molecular weight is 540 g/mol. The molecule has 2 aliphatic heterocycles. The molecule has 0 unspecified atom stereocenters. The van der Waals surface area contributed by atoms with Gasteiger partial charge in [-0.2, -0.15) is 0 Å². The summed E-state index contributed by atoms with van der Waals surface area (Å²) in [5.41, 5.74) is 1.36. The van der Waals surface area contributed by atoms with E-state index in [1.807, 2.05) is 0 Å². The van der Waals surface area contributed by atoms with Crippen LogP contribution in [0.1, 0.15) is 59.8 Å². The summed E-state index contributed by atoms with van der Waals surface area (Å²) in [5.74, 6) is -5.33. The number of esters is 1. The number of fused-ring (bicyclic) bond motifs is 1. The normalized spacial score (nSPS) is 22.4. The van der Waals surface area contributed by atoms with E-state index in [4.69, 9.17) is 4.74 Å². The van der Waals surface area contributed by atoms with Gasteiger partial charge in [-0.25, -0.2) is 22.4 Å². The number of benzene rings is 2. The van der Waals surface area contributed by atoms with Crippen molar-refractivity contribution in [3.8, 4) is 0 Å². The Kier molecular flexibility index (Phi) is 8.62. The first-order valence-corrected chi connectivity index (χ1v) is 12.9. The lowest BCUT2D eigenvalue weighted by atomic mass is 9.83. The molecule has 2 aromatic carbocycles. The van der Waals surface area contributed by atoms with E-state index in [1.54, 1.807) is 19.1 Å². The molecule has 1 N–H and O–H groups in total. The molecular weight excluding hydrogens is 505 g/mol. The van der Waals surface area contributed by atoms with Gasteiger partial charge in [-0.3, -0.25) is 9.29 Å². The highest BCUT2D eigenvalue weighted by molar-refractivity contribution is 5.89. The van der Waals surface area contributed by atoms with Crippen LogP contribution >= 0.6 is 0 Å². The number of anilines is 1. The van der Waals surface area contributed by atoms with E-state index in [-0.39, 0.29) is 29.5 Å². The Labute approximate surface area is 219 Å². The van der Waals surface area contributed by atoms with Gasteiger partial charge in [-0.05, 0) is 61.6 Å². The number of rotatable bonds is 9. The predicted octanol–water partition coefficient (Wildman–Crippen LogP) is 5.59. The van der Waals surface area contributed by atoms with Crippen molar-refractivity contribution in [1.82, 2.24) is 9.80 Å². The highest BCUT2D eigenvalue weighted by Crippen LogP contribution is 2.42. The summed E-state index contributed by atoms with van der Waals surface area (Å²) in [6.45, 7) is 3.47. The molecule has 10 heteroatoms. The maximum Gasteiger partial charge on any atom is 0.337 e. The molecule has 2 heterocycles. The third-order valence-corrected chi connectivity index (χ3v) is 7.34. The number of carbonyl (C=O) groups is 1. The molecule has 2 aromatic rings. The van der Waals surface area contributed by atoms with E-state index in [0.29, 0.717) is 37.1 Å². The Hall–Kier alpha value is -2.72. The lowest BCUT2D eigenvalue weighted by Crippen LogP contribution is -2.48. The fraction of sp³-hybridized carbons (Fsp3) is 0.536. The summed E-state index contributed by atoms with van der Waals surface area (Å²) in [6, 6.07) is 5.43. The Balaban J connectivity index is 1.68. The lowest BCUT2D eigenvalue weighted by Gasteiger charge is -2.43. The second kappa shape index (κ2) is 11.6. The molecule has 0 amide bonds. The van der Waals surface area contributed by atoms with Crippen LogP contribution in [-0.2, 0) is 11.2 Å². The van der Waals surface area contributed by atoms with Gasteiger partial charge in [0.05, 0.1) is 31.9 Å². The monoisotopic (exact) mass is 539 g/mol. The minimum absolute atomic E-state index is 0.0401. The molecule has 2 aliphatic rings. The molecule has 4 rings (SSSR count). The van der Waals surface area contributed by atoms with E-state index in [2.05, 4.69) is 10.2 Å². The summed E-state index contributed by atoms with van der Waals surface area (Å²) in [5, 5.41) is 3.16. The lowest BCUT2D eigenvalue weighted by molar-refractivity contribution is -0.0371. The number of halogens is 5. The van der Waals surface area contributed by atoms with Crippen molar-refractivity contribution in [3.05, 3.63) is 64.2 Å². The number of likely N-dealkylation sites (tertiary alicyclic amines) is 1. The molecule has 1 fully saturated rings. The van der Waals surface area contributed by atoms with Gasteiger partial charge in [-0.15, -0.1) is 0 Å². The Morgan fingerprint density at radius 1 is 1.18 bits per heavy atom. The summed E-state index contributed by atoms with van der Waals surface area (Å²) in [7, 11) is 1.26. The van der Waals surface area contributed by atoms with Crippen molar-refractivity contribution >= 4 is 11.7 Å². The summed E-state index contributed by atoms with van der Waals surface area (Å²) < 4.78 is 77.1. The van der Waals surface area contributed by atoms with Gasteiger partial charge in [0.25, 0.3) is 5.92 Å². The number of nitrogens with zero attached hydrogens (tertiary/aromatic N) is 2. The standard InChI is InChI=1S/C28H34F5N3O2/c1-17-11-19-12-18(27(37)38-3)5-6-22(19)26(36(17)16-28(2,32)33)25-23(30)13-21(14-24(25)31)34-20-7-10-35(15-20)9-4-8-29/h5-6,12-14,17,20,26,34H,4,7-11,15-16H2,1-3H3/t17-,20+,26+/m1/s1. The molecule has 38 heavy (non-hydrogen) atoms. The molecule has 0 spiro atoms. The summed E-state index contributed by atoms with van der Waals surface area (Å²) in [6.07, 6.45) is 1.53. The van der Waals surface area contributed by atoms with E-state index in [1.165, 1.54) is 30.2 Å². The van der Waals surface area contributed by atoms with E-state index >= 15 is 8.78 Å². The number of nitrogens with one attached hydrogen (secondary N) is 1. The summed E-state index contributed by atoms with van der Waals surface area (Å²) in [4.78, 5) is 15.6. The van der Waals surface area contributed by atoms with E-state index < -0.39 is 42.2 Å². The molecule has 0 aliphatic carbocycles. The van der Waals surface area contributed by atoms with Gasteiger partial charge in [0, 0.05) is 49.9 Å². The zero-order chi connectivity index (χ0) is 27.6. The predicted molar refractivity (Wildman–Crippen MR) is 136 cm³/mol. The van der Waals surface area contributed by atoms with Crippen LogP contribution in [0.5, 0.6) is 0 Å². The molecule has 0 bridgehead atoms. The van der Waals surface area contributed by atoms with Crippen LogP contribution in [0.2, 0.25) is 0 Å². The summed E-state index contributed by atoms with van der Waals surface area (Å²) >= 11 is 0. The largest absolute Gasteiger partial charge is 0.465 e. The first-order valence-electron chi connectivity index (χ1n) is 12.9. The third-order valence-electron chi connectivity index (χ3n) is 7.34. The van der Waals surface area contributed by atoms with Crippen molar-refractivity contribution in [1.29, 1.82) is 0 Å². The number of hydrogen-bond donors (Lipinski definition) is 1. The first-order chi connectivity index (χ1) is 18.0. The Bertz CT molecular complexity index is 1130. The SMILES string of the molecule is COC(=O)c1ccc2c(c1)C[C@@H](C)N(CC(C)(F)F)[C@@H]2c1c(F)cc(N[C@H]2CCN(CCCF)C2)cc1F. The number of alkyl halides is 3. The van der Waals surface area contributed by atoms with Gasteiger partial charge in [0.2, 0.25) is 0 Å². The molecule has 1 saturated heterocycles. The fourth-order valence-corrected chi connectivity index (χ4v) is 5.65. The van der Waals surface area contributed by atoms with Crippen molar-refractivity contribution < 1.29 is 31.5 Å². The minimum Gasteiger partial charge on any atom is -0.465 e. The Morgan fingerprint density at radius 3 is 2.53 bits per heavy atom. The van der Waals surface area contributed by atoms with Gasteiger partial charge in [-0.1, -0.05) is 6.07 Å². The van der Waals surface area contributed by atoms with Crippen LogP contribution in [0, 0.1) is 11.6 Å².